The quantitative estimate of drug-likeness (QED) is 0.664. The molecule has 0 N–H and O–H groups in total. The molecule has 0 radical (unpaired) electrons. The van der Waals surface area contributed by atoms with Crippen LogP contribution in [0.5, 0.6) is 0 Å². The Hall–Kier alpha value is -2.42. The van der Waals surface area contributed by atoms with E-state index in [1.54, 1.807) is 10.9 Å². The second kappa shape index (κ2) is 4.35. The predicted molar refractivity (Wildman–Crippen MR) is 75.4 cm³/mol. The standard InChI is InChI=1S/C16H14N2O/c1-11-8-14-15(9-12(11)2)18(10-17-14)16(19)13-6-4-3-5-7-13/h3-10H,1-2H3. The molecule has 94 valence electrons. The number of benzene rings is 2. The minimum absolute atomic E-state index is 0.0497. The monoisotopic (exact) mass is 250 g/mol. The van der Waals surface area contributed by atoms with Crippen molar-refractivity contribution in [2.24, 2.45) is 0 Å². The summed E-state index contributed by atoms with van der Waals surface area (Å²) in [4.78, 5) is 16.7. The van der Waals surface area contributed by atoms with Crippen molar-refractivity contribution in [3.05, 3.63) is 65.5 Å². The van der Waals surface area contributed by atoms with Gasteiger partial charge in [-0.3, -0.25) is 9.36 Å². The zero-order valence-electron chi connectivity index (χ0n) is 10.9. The largest absolute Gasteiger partial charge is 0.268 e. The van der Waals surface area contributed by atoms with Gasteiger partial charge in [0.2, 0.25) is 0 Å². The topological polar surface area (TPSA) is 34.9 Å². The minimum atomic E-state index is -0.0497. The first-order valence-electron chi connectivity index (χ1n) is 6.21. The van der Waals surface area contributed by atoms with Crippen molar-refractivity contribution in [3.8, 4) is 0 Å². The van der Waals surface area contributed by atoms with Gasteiger partial charge in [0, 0.05) is 5.56 Å². The van der Waals surface area contributed by atoms with E-state index in [1.165, 1.54) is 5.56 Å². The van der Waals surface area contributed by atoms with Gasteiger partial charge >= 0.3 is 0 Å². The maximum Gasteiger partial charge on any atom is 0.263 e. The fourth-order valence-corrected chi connectivity index (χ4v) is 2.15. The molecule has 0 atom stereocenters. The SMILES string of the molecule is Cc1cc2ncn(C(=O)c3ccccc3)c2cc1C. The molecule has 0 aliphatic rings. The number of carbonyl (C=O) groups is 1. The molecule has 0 aliphatic carbocycles. The Labute approximate surface area is 111 Å². The van der Waals surface area contributed by atoms with Gasteiger partial charge in [0.05, 0.1) is 11.0 Å². The maximum absolute atomic E-state index is 12.4. The van der Waals surface area contributed by atoms with Crippen molar-refractivity contribution in [1.29, 1.82) is 0 Å². The van der Waals surface area contributed by atoms with Gasteiger partial charge in [-0.25, -0.2) is 4.98 Å². The van der Waals surface area contributed by atoms with E-state index < -0.39 is 0 Å². The molecule has 3 nitrogen and oxygen atoms in total. The molecular weight excluding hydrogens is 236 g/mol. The highest BCUT2D eigenvalue weighted by atomic mass is 16.2. The number of hydrogen-bond donors (Lipinski definition) is 0. The summed E-state index contributed by atoms with van der Waals surface area (Å²) >= 11 is 0. The van der Waals surface area contributed by atoms with Crippen LogP contribution in [0, 0.1) is 13.8 Å². The van der Waals surface area contributed by atoms with E-state index in [2.05, 4.69) is 4.98 Å². The van der Waals surface area contributed by atoms with Crippen LogP contribution in [-0.4, -0.2) is 15.5 Å². The Bertz CT molecular complexity index is 757. The normalized spacial score (nSPS) is 10.8. The van der Waals surface area contributed by atoms with Crippen LogP contribution in [0.3, 0.4) is 0 Å². The molecule has 0 unspecified atom stereocenters. The summed E-state index contributed by atoms with van der Waals surface area (Å²) < 4.78 is 1.61. The zero-order valence-corrected chi connectivity index (χ0v) is 10.9. The molecule has 1 heterocycles. The number of imidazole rings is 1. The molecule has 0 aliphatic heterocycles. The van der Waals surface area contributed by atoms with Gasteiger partial charge < -0.3 is 0 Å². The number of carbonyl (C=O) groups excluding carboxylic acids is 1. The van der Waals surface area contributed by atoms with Crippen LogP contribution < -0.4 is 0 Å². The van der Waals surface area contributed by atoms with Crippen LogP contribution in [-0.2, 0) is 0 Å². The molecule has 0 fully saturated rings. The summed E-state index contributed by atoms with van der Waals surface area (Å²) in [6.45, 7) is 4.09. The average molecular weight is 250 g/mol. The Morgan fingerprint density at radius 3 is 2.47 bits per heavy atom. The third-order valence-electron chi connectivity index (χ3n) is 3.40. The number of rotatable bonds is 1. The van der Waals surface area contributed by atoms with E-state index in [9.17, 15) is 4.79 Å². The fraction of sp³-hybridized carbons (Fsp3) is 0.125. The van der Waals surface area contributed by atoms with E-state index in [-0.39, 0.29) is 5.91 Å². The lowest BCUT2D eigenvalue weighted by atomic mass is 10.1. The number of nitrogens with zero attached hydrogens (tertiary/aromatic N) is 2. The van der Waals surface area contributed by atoms with Gasteiger partial charge in [-0.15, -0.1) is 0 Å². The Morgan fingerprint density at radius 2 is 1.74 bits per heavy atom. The fourth-order valence-electron chi connectivity index (χ4n) is 2.15. The number of aryl methyl sites for hydroxylation is 2. The Balaban J connectivity index is 2.16. The van der Waals surface area contributed by atoms with Crippen LogP contribution >= 0.6 is 0 Å². The van der Waals surface area contributed by atoms with Crippen molar-refractivity contribution < 1.29 is 4.79 Å². The van der Waals surface area contributed by atoms with Crippen LogP contribution in [0.4, 0.5) is 0 Å². The number of hydrogen-bond acceptors (Lipinski definition) is 2. The number of fused-ring (bicyclic) bond motifs is 1. The van der Waals surface area contributed by atoms with Crippen molar-refractivity contribution in [2.45, 2.75) is 13.8 Å². The number of aromatic nitrogens is 2. The van der Waals surface area contributed by atoms with E-state index in [4.69, 9.17) is 0 Å². The molecule has 3 aromatic rings. The van der Waals surface area contributed by atoms with Gasteiger partial charge in [0.1, 0.15) is 6.33 Å². The lowest BCUT2D eigenvalue weighted by Gasteiger charge is -2.05. The molecule has 0 saturated heterocycles. The van der Waals surface area contributed by atoms with Crippen molar-refractivity contribution in [1.82, 2.24) is 9.55 Å². The smallest absolute Gasteiger partial charge is 0.263 e. The van der Waals surface area contributed by atoms with Crippen LogP contribution in [0.2, 0.25) is 0 Å². The summed E-state index contributed by atoms with van der Waals surface area (Å²) in [6.07, 6.45) is 1.60. The van der Waals surface area contributed by atoms with Crippen molar-refractivity contribution in [3.63, 3.8) is 0 Å². The third-order valence-corrected chi connectivity index (χ3v) is 3.40. The lowest BCUT2D eigenvalue weighted by molar-refractivity contribution is 0.0964. The Kier molecular flexibility index (Phi) is 2.67. The van der Waals surface area contributed by atoms with E-state index in [0.29, 0.717) is 5.56 Å². The van der Waals surface area contributed by atoms with Crippen molar-refractivity contribution >= 4 is 16.9 Å². The molecule has 0 amide bonds. The molecule has 0 spiro atoms. The summed E-state index contributed by atoms with van der Waals surface area (Å²) in [5, 5.41) is 0. The van der Waals surface area contributed by atoms with Gasteiger partial charge in [0.15, 0.2) is 0 Å². The summed E-state index contributed by atoms with van der Waals surface area (Å²) in [7, 11) is 0. The predicted octanol–water partition coefficient (Wildman–Crippen LogP) is 3.34. The average Bonchev–Trinajstić information content (AvgIpc) is 2.82. The van der Waals surface area contributed by atoms with Crippen molar-refractivity contribution in [2.75, 3.05) is 0 Å². The molecule has 3 rings (SSSR count). The summed E-state index contributed by atoms with van der Waals surface area (Å²) in [6, 6.07) is 13.3. The van der Waals surface area contributed by atoms with E-state index in [0.717, 1.165) is 16.6 Å². The zero-order chi connectivity index (χ0) is 13.4. The maximum atomic E-state index is 12.4. The first-order chi connectivity index (χ1) is 9.16. The molecule has 1 aromatic heterocycles. The first kappa shape index (κ1) is 11.7. The second-order valence-electron chi connectivity index (χ2n) is 4.71. The van der Waals surface area contributed by atoms with E-state index >= 15 is 0 Å². The highest BCUT2D eigenvalue weighted by Crippen LogP contribution is 2.19. The van der Waals surface area contributed by atoms with Gasteiger partial charge in [-0.1, -0.05) is 18.2 Å². The molecule has 0 bridgehead atoms. The van der Waals surface area contributed by atoms with Gasteiger partial charge in [-0.2, -0.15) is 0 Å². The van der Waals surface area contributed by atoms with Gasteiger partial charge in [0.25, 0.3) is 5.91 Å². The minimum Gasteiger partial charge on any atom is -0.268 e. The summed E-state index contributed by atoms with van der Waals surface area (Å²) in [5.74, 6) is -0.0497. The Morgan fingerprint density at radius 1 is 1.05 bits per heavy atom. The molecule has 0 saturated carbocycles. The molecular formula is C16H14N2O. The molecule has 3 heteroatoms. The summed E-state index contributed by atoms with van der Waals surface area (Å²) in [5.41, 5.74) is 4.73. The molecule has 2 aromatic carbocycles. The molecule has 19 heavy (non-hydrogen) atoms. The lowest BCUT2D eigenvalue weighted by Crippen LogP contribution is -2.10. The highest BCUT2D eigenvalue weighted by Gasteiger charge is 2.12. The second-order valence-corrected chi connectivity index (χ2v) is 4.71. The third kappa shape index (κ3) is 1.93. The van der Waals surface area contributed by atoms with E-state index in [1.807, 2.05) is 56.3 Å². The highest BCUT2D eigenvalue weighted by molar-refractivity contribution is 6.01. The van der Waals surface area contributed by atoms with Gasteiger partial charge in [-0.05, 0) is 49.2 Å². The van der Waals surface area contributed by atoms with Crippen LogP contribution in [0.1, 0.15) is 21.5 Å². The first-order valence-corrected chi connectivity index (χ1v) is 6.21. The van der Waals surface area contributed by atoms with Crippen LogP contribution in [0.25, 0.3) is 11.0 Å². The van der Waals surface area contributed by atoms with Crippen LogP contribution in [0.15, 0.2) is 48.8 Å².